The minimum absolute atomic E-state index is 0.0476. The Kier molecular flexibility index (Phi) is 8.14. The van der Waals surface area contributed by atoms with Gasteiger partial charge in [-0.1, -0.05) is 26.0 Å². The molecule has 1 aliphatic rings. The number of benzene rings is 1. The molecule has 1 saturated heterocycles. The van der Waals surface area contributed by atoms with Crippen LogP contribution in [0.2, 0.25) is 0 Å². The van der Waals surface area contributed by atoms with Crippen LogP contribution in [0.25, 0.3) is 0 Å². The van der Waals surface area contributed by atoms with Crippen molar-refractivity contribution in [3.63, 3.8) is 0 Å². The van der Waals surface area contributed by atoms with Gasteiger partial charge < -0.3 is 14.7 Å². The second-order valence-corrected chi connectivity index (χ2v) is 10.5. The number of carboxylic acids is 1. The number of ether oxygens (including phenoxy) is 1. The van der Waals surface area contributed by atoms with E-state index in [4.69, 9.17) is 4.74 Å². The third-order valence-corrected chi connectivity index (χ3v) is 6.96. The summed E-state index contributed by atoms with van der Waals surface area (Å²) < 4.78 is 33.2. The van der Waals surface area contributed by atoms with E-state index in [2.05, 4.69) is 23.6 Å². The van der Waals surface area contributed by atoms with Crippen LogP contribution in [0.1, 0.15) is 49.5 Å². The molecule has 0 unspecified atom stereocenters. The Hall–Kier alpha value is -3.14. The first-order valence-corrected chi connectivity index (χ1v) is 12.9. The lowest BCUT2D eigenvalue weighted by Crippen LogP contribution is -2.40. The van der Waals surface area contributed by atoms with Crippen molar-refractivity contribution in [1.82, 2.24) is 4.98 Å². The first-order chi connectivity index (χ1) is 16.1. The molecule has 1 aliphatic heterocycles. The normalized spacial score (nSPS) is 16.4. The summed E-state index contributed by atoms with van der Waals surface area (Å²) in [4.78, 5) is 30.2. The van der Waals surface area contributed by atoms with Crippen molar-refractivity contribution in [3.8, 4) is 0 Å². The number of carboxylic acid groups (broad SMARTS) is 1. The summed E-state index contributed by atoms with van der Waals surface area (Å²) in [7, 11) is -3.92. The summed E-state index contributed by atoms with van der Waals surface area (Å²) in [5.41, 5.74) is 0.944. The molecule has 0 saturated carbocycles. The van der Waals surface area contributed by atoms with E-state index in [1.165, 1.54) is 24.4 Å². The minimum atomic E-state index is -3.92. The Morgan fingerprint density at radius 2 is 1.97 bits per heavy atom. The highest BCUT2D eigenvalue weighted by Gasteiger charge is 2.30. The highest BCUT2D eigenvalue weighted by Crippen LogP contribution is 2.28. The lowest BCUT2D eigenvalue weighted by molar-refractivity contribution is -0.148. The molecule has 0 amide bonds. The van der Waals surface area contributed by atoms with Crippen LogP contribution in [-0.2, 0) is 26.0 Å². The highest BCUT2D eigenvalue weighted by atomic mass is 32.2. The quantitative estimate of drug-likeness (QED) is 0.512. The van der Waals surface area contributed by atoms with Gasteiger partial charge in [0.15, 0.2) is 0 Å². The number of piperidine rings is 1. The second kappa shape index (κ2) is 10.9. The van der Waals surface area contributed by atoms with Crippen molar-refractivity contribution in [3.05, 3.63) is 47.7 Å². The van der Waals surface area contributed by atoms with E-state index in [1.807, 2.05) is 0 Å². The van der Waals surface area contributed by atoms with Crippen molar-refractivity contribution in [2.75, 3.05) is 29.3 Å². The van der Waals surface area contributed by atoms with E-state index >= 15 is 0 Å². The van der Waals surface area contributed by atoms with Crippen molar-refractivity contribution >= 4 is 33.5 Å². The van der Waals surface area contributed by atoms with Gasteiger partial charge in [0.05, 0.1) is 29.3 Å². The summed E-state index contributed by atoms with van der Waals surface area (Å²) in [6, 6.07) is 7.86. The summed E-state index contributed by atoms with van der Waals surface area (Å²) in [5, 5.41) is 9.76. The number of nitrogens with one attached hydrogen (secondary N) is 1. The van der Waals surface area contributed by atoms with E-state index in [0.29, 0.717) is 31.8 Å². The zero-order valence-corrected chi connectivity index (χ0v) is 20.5. The van der Waals surface area contributed by atoms with Gasteiger partial charge in [-0.3, -0.25) is 9.52 Å². The first kappa shape index (κ1) is 25.5. The molecule has 1 aromatic carbocycles. The number of pyridine rings is 1. The van der Waals surface area contributed by atoms with Gasteiger partial charge >= 0.3 is 11.9 Å². The van der Waals surface area contributed by atoms with Crippen LogP contribution in [0.5, 0.6) is 0 Å². The Balaban J connectivity index is 1.81. The predicted octanol–water partition coefficient (Wildman–Crippen LogP) is 3.56. The minimum Gasteiger partial charge on any atom is -0.478 e. The van der Waals surface area contributed by atoms with Crippen molar-refractivity contribution in [2.24, 2.45) is 11.8 Å². The molecular formula is C24H31N3O6S. The summed E-state index contributed by atoms with van der Waals surface area (Å²) in [6.07, 6.45) is 3.48. The zero-order valence-electron chi connectivity index (χ0n) is 19.7. The SMILES string of the molecule is CCOC(=O)[C@@H]1CCCN(c2ncc(NS(=O)(=O)c3ccc(CC(C)C)cc3)cc2C(=O)O)C1. The highest BCUT2D eigenvalue weighted by molar-refractivity contribution is 7.92. The number of hydrogen-bond donors (Lipinski definition) is 2. The molecule has 184 valence electrons. The molecule has 0 spiro atoms. The molecule has 1 atom stereocenters. The third kappa shape index (κ3) is 6.25. The standard InChI is InChI=1S/C24H31N3O6S/c1-4-33-24(30)18-6-5-11-27(15-18)22-21(23(28)29)13-19(14-25-22)26-34(31,32)20-9-7-17(8-10-20)12-16(2)3/h7-10,13-14,16,18,26H,4-6,11-12,15H2,1-3H3,(H,28,29)/t18-/m1/s1. The van der Waals surface area contributed by atoms with Gasteiger partial charge in [0.2, 0.25) is 0 Å². The Bertz CT molecular complexity index is 1130. The molecule has 0 radical (unpaired) electrons. The van der Waals surface area contributed by atoms with Gasteiger partial charge in [-0.05, 0) is 55.9 Å². The molecule has 0 bridgehead atoms. The van der Waals surface area contributed by atoms with E-state index in [1.54, 1.807) is 24.0 Å². The zero-order chi connectivity index (χ0) is 24.9. The fourth-order valence-electron chi connectivity index (χ4n) is 4.03. The maximum Gasteiger partial charge on any atom is 0.339 e. The Labute approximate surface area is 200 Å². The van der Waals surface area contributed by atoms with Gasteiger partial charge in [0.25, 0.3) is 10.0 Å². The Morgan fingerprint density at radius 1 is 1.26 bits per heavy atom. The molecule has 3 rings (SSSR count). The number of carbonyl (C=O) groups is 2. The maximum atomic E-state index is 12.8. The average molecular weight is 490 g/mol. The van der Waals surface area contributed by atoms with Crippen molar-refractivity contribution in [2.45, 2.75) is 44.9 Å². The summed E-state index contributed by atoms with van der Waals surface area (Å²) in [5.74, 6) is -1.27. The number of aromatic nitrogens is 1. The largest absolute Gasteiger partial charge is 0.478 e. The monoisotopic (exact) mass is 489 g/mol. The summed E-state index contributed by atoms with van der Waals surface area (Å²) >= 11 is 0. The van der Waals surface area contributed by atoms with Crippen LogP contribution >= 0.6 is 0 Å². The van der Waals surface area contributed by atoms with E-state index in [-0.39, 0.29) is 40.5 Å². The van der Waals surface area contributed by atoms with Gasteiger partial charge in [-0.15, -0.1) is 0 Å². The average Bonchev–Trinajstić information content (AvgIpc) is 2.79. The van der Waals surface area contributed by atoms with Gasteiger partial charge in [-0.25, -0.2) is 18.2 Å². The molecule has 2 aromatic rings. The topological polar surface area (TPSA) is 126 Å². The van der Waals surface area contributed by atoms with Crippen molar-refractivity contribution in [1.29, 1.82) is 0 Å². The van der Waals surface area contributed by atoms with Crippen LogP contribution in [0, 0.1) is 11.8 Å². The fraction of sp³-hybridized carbons (Fsp3) is 0.458. The van der Waals surface area contributed by atoms with Crippen LogP contribution in [0.15, 0.2) is 41.4 Å². The molecule has 1 fully saturated rings. The number of carbonyl (C=O) groups excluding carboxylic acids is 1. The number of sulfonamides is 1. The molecule has 2 N–H and O–H groups in total. The third-order valence-electron chi connectivity index (χ3n) is 5.57. The molecule has 10 heteroatoms. The van der Waals surface area contributed by atoms with Crippen molar-refractivity contribution < 1.29 is 27.9 Å². The lowest BCUT2D eigenvalue weighted by atomic mass is 9.98. The smallest absolute Gasteiger partial charge is 0.339 e. The predicted molar refractivity (Wildman–Crippen MR) is 129 cm³/mol. The lowest BCUT2D eigenvalue weighted by Gasteiger charge is -2.33. The maximum absolute atomic E-state index is 12.8. The molecule has 0 aliphatic carbocycles. The molecule has 1 aromatic heterocycles. The van der Waals surface area contributed by atoms with E-state index in [0.717, 1.165) is 12.0 Å². The van der Waals surface area contributed by atoms with Gasteiger partial charge in [0, 0.05) is 13.1 Å². The first-order valence-electron chi connectivity index (χ1n) is 11.4. The number of aromatic carboxylic acids is 1. The molecule has 9 nitrogen and oxygen atoms in total. The molecule has 34 heavy (non-hydrogen) atoms. The van der Waals surface area contributed by atoms with E-state index < -0.39 is 16.0 Å². The number of nitrogens with zero attached hydrogens (tertiary/aromatic N) is 2. The molecular weight excluding hydrogens is 458 g/mol. The van der Waals surface area contributed by atoms with Gasteiger partial charge in [-0.2, -0.15) is 0 Å². The van der Waals surface area contributed by atoms with Crippen LogP contribution in [0.3, 0.4) is 0 Å². The number of hydrogen-bond acceptors (Lipinski definition) is 7. The number of anilines is 2. The molecule has 2 heterocycles. The number of rotatable bonds is 9. The van der Waals surface area contributed by atoms with E-state index in [9.17, 15) is 23.1 Å². The van der Waals surface area contributed by atoms with Crippen LogP contribution in [0.4, 0.5) is 11.5 Å². The van der Waals surface area contributed by atoms with Crippen LogP contribution in [-0.4, -0.2) is 50.1 Å². The number of esters is 1. The van der Waals surface area contributed by atoms with Crippen LogP contribution < -0.4 is 9.62 Å². The summed E-state index contributed by atoms with van der Waals surface area (Å²) in [6.45, 7) is 7.02. The van der Waals surface area contributed by atoms with Gasteiger partial charge in [0.1, 0.15) is 11.4 Å². The second-order valence-electron chi connectivity index (χ2n) is 8.78. The fourth-order valence-corrected chi connectivity index (χ4v) is 5.07. The Morgan fingerprint density at radius 3 is 2.59 bits per heavy atom.